The Morgan fingerprint density at radius 2 is 2.70 bits per heavy atom. The third kappa shape index (κ3) is 2.28. The highest BCUT2D eigenvalue weighted by atomic mass is 32.2. The van der Waals surface area contributed by atoms with Crippen molar-refractivity contribution in [1.82, 2.24) is 5.32 Å². The molecule has 0 unspecified atom stereocenters. The van der Waals surface area contributed by atoms with E-state index in [1.807, 2.05) is 0 Å². The first kappa shape index (κ1) is 7.42. The van der Waals surface area contributed by atoms with Crippen LogP contribution in [-0.2, 0) is 0 Å². The van der Waals surface area contributed by atoms with Gasteiger partial charge in [-0.15, -0.1) is 0 Å². The molecular formula is C6H9N3S. The van der Waals surface area contributed by atoms with E-state index in [9.17, 15) is 0 Å². The van der Waals surface area contributed by atoms with Crippen molar-refractivity contribution in [1.29, 1.82) is 5.26 Å². The van der Waals surface area contributed by atoms with E-state index in [2.05, 4.69) is 16.4 Å². The van der Waals surface area contributed by atoms with Gasteiger partial charge in [-0.2, -0.15) is 5.26 Å². The van der Waals surface area contributed by atoms with Gasteiger partial charge in [-0.25, -0.2) is 0 Å². The number of nitrogens with zero attached hydrogens (tertiary/aromatic N) is 2. The van der Waals surface area contributed by atoms with Crippen molar-refractivity contribution in [3.05, 3.63) is 0 Å². The zero-order valence-corrected chi connectivity index (χ0v) is 6.45. The van der Waals surface area contributed by atoms with Gasteiger partial charge in [-0.1, -0.05) is 11.8 Å². The Bertz CT molecular complexity index is 170. The molecule has 1 aliphatic rings. The number of nitrogens with one attached hydrogen (secondary N) is 1. The highest BCUT2D eigenvalue weighted by molar-refractivity contribution is 8.13. The molecule has 1 N–H and O–H groups in total. The molecule has 0 radical (unpaired) electrons. The summed E-state index contributed by atoms with van der Waals surface area (Å²) in [4.78, 5) is 4.17. The first-order valence-electron chi connectivity index (χ1n) is 3.21. The minimum absolute atomic E-state index is 0.603. The molecule has 0 spiro atoms. The maximum absolute atomic E-state index is 8.22. The van der Waals surface area contributed by atoms with E-state index in [0.29, 0.717) is 6.42 Å². The van der Waals surface area contributed by atoms with Crippen LogP contribution in [-0.4, -0.2) is 24.0 Å². The van der Waals surface area contributed by atoms with Gasteiger partial charge in [0.05, 0.1) is 12.6 Å². The molecule has 0 saturated heterocycles. The summed E-state index contributed by atoms with van der Waals surface area (Å²) in [6.45, 7) is 1.84. The van der Waals surface area contributed by atoms with Crippen LogP contribution in [0.15, 0.2) is 4.99 Å². The maximum Gasteiger partial charge on any atom is 0.156 e. The van der Waals surface area contributed by atoms with Crippen molar-refractivity contribution in [3.63, 3.8) is 0 Å². The van der Waals surface area contributed by atoms with Crippen molar-refractivity contribution < 1.29 is 0 Å². The fourth-order valence-electron chi connectivity index (χ4n) is 0.666. The summed E-state index contributed by atoms with van der Waals surface area (Å²) in [7, 11) is 0. The Kier molecular flexibility index (Phi) is 3.10. The zero-order chi connectivity index (χ0) is 7.23. The summed E-state index contributed by atoms with van der Waals surface area (Å²) in [5.74, 6) is 0.850. The van der Waals surface area contributed by atoms with Crippen molar-refractivity contribution in [2.24, 2.45) is 4.99 Å². The SMILES string of the molecule is N#CCCSC1=NCCN1. The Balaban J connectivity index is 2.08. The molecule has 0 aromatic heterocycles. The zero-order valence-electron chi connectivity index (χ0n) is 5.63. The van der Waals surface area contributed by atoms with Gasteiger partial charge in [-0.3, -0.25) is 4.99 Å². The largest absolute Gasteiger partial charge is 0.363 e. The smallest absolute Gasteiger partial charge is 0.156 e. The number of thioether (sulfide) groups is 1. The second kappa shape index (κ2) is 4.18. The molecule has 54 valence electrons. The van der Waals surface area contributed by atoms with Crippen LogP contribution >= 0.6 is 11.8 Å². The molecule has 0 aliphatic carbocycles. The van der Waals surface area contributed by atoms with Crippen molar-refractivity contribution in [2.75, 3.05) is 18.8 Å². The Hall–Kier alpha value is -0.690. The maximum atomic E-state index is 8.22. The number of nitriles is 1. The molecule has 0 fully saturated rings. The van der Waals surface area contributed by atoms with Gasteiger partial charge in [0.2, 0.25) is 0 Å². The van der Waals surface area contributed by atoms with Crippen LogP contribution in [0.4, 0.5) is 0 Å². The number of rotatable bonds is 2. The van der Waals surface area contributed by atoms with E-state index in [1.165, 1.54) is 0 Å². The van der Waals surface area contributed by atoms with Gasteiger partial charge in [0.25, 0.3) is 0 Å². The average Bonchev–Trinajstić information content (AvgIpc) is 2.41. The minimum atomic E-state index is 0.603. The molecule has 1 aliphatic heterocycles. The van der Waals surface area contributed by atoms with Crippen LogP contribution in [0.3, 0.4) is 0 Å². The summed E-state index contributed by atoms with van der Waals surface area (Å²) in [6, 6.07) is 2.09. The second-order valence-electron chi connectivity index (χ2n) is 1.87. The van der Waals surface area contributed by atoms with Gasteiger partial charge in [0, 0.05) is 18.7 Å². The lowest BCUT2D eigenvalue weighted by atomic mass is 10.6. The molecule has 0 atom stereocenters. The summed E-state index contributed by atoms with van der Waals surface area (Å²) < 4.78 is 0. The number of amidine groups is 1. The van der Waals surface area contributed by atoms with Crippen LogP contribution in [0.25, 0.3) is 0 Å². The lowest BCUT2D eigenvalue weighted by Crippen LogP contribution is -2.15. The molecule has 0 bridgehead atoms. The van der Waals surface area contributed by atoms with Gasteiger partial charge in [-0.05, 0) is 0 Å². The first-order valence-corrected chi connectivity index (χ1v) is 4.20. The van der Waals surface area contributed by atoms with E-state index in [0.717, 1.165) is 24.0 Å². The number of hydrogen-bond acceptors (Lipinski definition) is 4. The Labute approximate surface area is 64.5 Å². The van der Waals surface area contributed by atoms with Crippen molar-refractivity contribution in [2.45, 2.75) is 6.42 Å². The highest BCUT2D eigenvalue weighted by Crippen LogP contribution is 2.05. The van der Waals surface area contributed by atoms with Gasteiger partial charge in [0.1, 0.15) is 0 Å². The lowest BCUT2D eigenvalue weighted by molar-refractivity contribution is 0.963. The summed E-state index contributed by atoms with van der Waals surface area (Å²) in [6.07, 6.45) is 0.603. The summed E-state index contributed by atoms with van der Waals surface area (Å²) >= 11 is 1.62. The molecule has 0 amide bonds. The summed E-state index contributed by atoms with van der Waals surface area (Å²) in [5.41, 5.74) is 0. The van der Waals surface area contributed by atoms with Crippen LogP contribution < -0.4 is 5.32 Å². The predicted molar refractivity (Wildman–Crippen MR) is 43.0 cm³/mol. The third-order valence-electron chi connectivity index (χ3n) is 1.10. The number of aliphatic imine (C=N–C) groups is 1. The standard InChI is InChI=1S/C6H9N3S/c7-2-1-5-10-6-8-3-4-9-6/h1,3-5H2,(H,8,9). The third-order valence-corrected chi connectivity index (χ3v) is 2.05. The minimum Gasteiger partial charge on any atom is -0.363 e. The molecule has 0 aromatic carbocycles. The topological polar surface area (TPSA) is 48.2 Å². The summed E-state index contributed by atoms with van der Waals surface area (Å²) in [5, 5.41) is 12.3. The Morgan fingerprint density at radius 3 is 3.30 bits per heavy atom. The average molecular weight is 155 g/mol. The first-order chi connectivity index (χ1) is 4.93. The van der Waals surface area contributed by atoms with Crippen LogP contribution in [0, 0.1) is 11.3 Å². The van der Waals surface area contributed by atoms with Crippen molar-refractivity contribution in [3.8, 4) is 6.07 Å². The van der Waals surface area contributed by atoms with E-state index >= 15 is 0 Å². The van der Waals surface area contributed by atoms with Gasteiger partial charge >= 0.3 is 0 Å². The molecule has 1 rings (SSSR count). The normalized spacial score (nSPS) is 15.7. The molecule has 1 heterocycles. The van der Waals surface area contributed by atoms with Crippen LogP contribution in [0.1, 0.15) is 6.42 Å². The van der Waals surface area contributed by atoms with E-state index < -0.39 is 0 Å². The van der Waals surface area contributed by atoms with Gasteiger partial charge < -0.3 is 5.32 Å². The highest BCUT2D eigenvalue weighted by Gasteiger charge is 2.03. The Morgan fingerprint density at radius 1 is 1.80 bits per heavy atom. The second-order valence-corrected chi connectivity index (χ2v) is 2.95. The van der Waals surface area contributed by atoms with E-state index in [4.69, 9.17) is 5.26 Å². The van der Waals surface area contributed by atoms with Crippen LogP contribution in [0.5, 0.6) is 0 Å². The molecule has 0 aromatic rings. The predicted octanol–water partition coefficient (Wildman–Crippen LogP) is 0.592. The quantitative estimate of drug-likeness (QED) is 0.594. The fraction of sp³-hybridized carbons (Fsp3) is 0.667. The van der Waals surface area contributed by atoms with E-state index in [1.54, 1.807) is 11.8 Å². The molecule has 0 saturated carbocycles. The van der Waals surface area contributed by atoms with E-state index in [-0.39, 0.29) is 0 Å². The monoisotopic (exact) mass is 155 g/mol. The van der Waals surface area contributed by atoms with Crippen molar-refractivity contribution >= 4 is 16.9 Å². The van der Waals surface area contributed by atoms with Crippen LogP contribution in [0.2, 0.25) is 0 Å². The molecular weight excluding hydrogens is 146 g/mol. The lowest BCUT2D eigenvalue weighted by Gasteiger charge is -1.96. The fourth-order valence-corrected chi connectivity index (χ4v) is 1.44. The molecule has 10 heavy (non-hydrogen) atoms. The molecule has 4 heteroatoms. The molecule has 3 nitrogen and oxygen atoms in total. The van der Waals surface area contributed by atoms with Gasteiger partial charge in [0.15, 0.2) is 5.17 Å². The number of hydrogen-bond donors (Lipinski definition) is 1.